The number of esters is 3. The molecule has 6 nitrogen and oxygen atoms in total. The number of carbonyl (C=O) groups excluding carboxylic acids is 3. The summed E-state index contributed by atoms with van der Waals surface area (Å²) in [5.41, 5.74) is 0. The summed E-state index contributed by atoms with van der Waals surface area (Å²) < 4.78 is 16.8. The fraction of sp³-hybridized carbons (Fsp3) is 0.955. The van der Waals surface area contributed by atoms with Gasteiger partial charge < -0.3 is 14.2 Å². The summed E-state index contributed by atoms with van der Waals surface area (Å²) in [6.45, 7) is 6.67. The minimum atomic E-state index is -0.761. The van der Waals surface area contributed by atoms with Gasteiger partial charge in [0.05, 0.1) is 0 Å². The van der Waals surface area contributed by atoms with Crippen molar-refractivity contribution in [2.24, 2.45) is 0 Å². The zero-order chi connectivity index (χ0) is 52.2. The lowest BCUT2D eigenvalue weighted by atomic mass is 10.0. The van der Waals surface area contributed by atoms with Crippen LogP contribution < -0.4 is 0 Å². The van der Waals surface area contributed by atoms with Gasteiger partial charge >= 0.3 is 17.9 Å². The van der Waals surface area contributed by atoms with Crippen molar-refractivity contribution in [3.8, 4) is 0 Å². The van der Waals surface area contributed by atoms with E-state index in [9.17, 15) is 14.4 Å². The summed E-state index contributed by atoms with van der Waals surface area (Å²) in [6, 6.07) is 0. The summed E-state index contributed by atoms with van der Waals surface area (Å²) in [5.74, 6) is -0.840. The van der Waals surface area contributed by atoms with Crippen LogP contribution in [0.3, 0.4) is 0 Å². The highest BCUT2D eigenvalue weighted by Crippen LogP contribution is 2.19. The van der Waals surface area contributed by atoms with Crippen LogP contribution in [0.25, 0.3) is 0 Å². The smallest absolute Gasteiger partial charge is 0.306 e. The minimum absolute atomic E-state index is 0.0618. The van der Waals surface area contributed by atoms with Gasteiger partial charge in [0.2, 0.25) is 0 Å². The quantitative estimate of drug-likeness (QED) is 0.0343. The van der Waals surface area contributed by atoms with Crippen molar-refractivity contribution in [2.75, 3.05) is 13.2 Å². The lowest BCUT2D eigenvalue weighted by molar-refractivity contribution is -0.167. The zero-order valence-corrected chi connectivity index (χ0v) is 49.2. The van der Waals surface area contributed by atoms with Crippen molar-refractivity contribution >= 4 is 17.9 Å². The first-order chi connectivity index (χ1) is 35.5. The van der Waals surface area contributed by atoms with Gasteiger partial charge in [-0.25, -0.2) is 0 Å². The third kappa shape index (κ3) is 59.3. The van der Waals surface area contributed by atoms with E-state index in [2.05, 4.69) is 20.8 Å². The monoisotopic (exact) mass is 1020 g/mol. The Morgan fingerprint density at radius 2 is 0.375 bits per heavy atom. The SMILES string of the molecule is CCCCCCCCCCCCCCCCCCCCCCCCCCCCC(=O)OCC(COC(=O)CCCCCCCC)OC(=O)CCCCCCCCCCCCCCCCCCCCCCCC. The normalized spacial score (nSPS) is 11.9. The molecule has 0 saturated carbocycles. The summed E-state index contributed by atoms with van der Waals surface area (Å²) in [5, 5.41) is 0. The van der Waals surface area contributed by atoms with E-state index in [4.69, 9.17) is 14.2 Å². The first-order valence-corrected chi connectivity index (χ1v) is 33.0. The van der Waals surface area contributed by atoms with Crippen LogP contribution >= 0.6 is 0 Å². The fourth-order valence-electron chi connectivity index (χ4n) is 10.4. The van der Waals surface area contributed by atoms with Crippen molar-refractivity contribution in [3.05, 3.63) is 0 Å². The molecule has 0 aromatic heterocycles. The third-order valence-electron chi connectivity index (χ3n) is 15.4. The fourth-order valence-corrected chi connectivity index (χ4v) is 10.4. The maximum Gasteiger partial charge on any atom is 0.306 e. The van der Waals surface area contributed by atoms with E-state index in [0.717, 1.165) is 57.8 Å². The van der Waals surface area contributed by atoms with Crippen molar-refractivity contribution in [3.63, 3.8) is 0 Å². The highest BCUT2D eigenvalue weighted by atomic mass is 16.6. The van der Waals surface area contributed by atoms with Gasteiger partial charge in [0.1, 0.15) is 13.2 Å². The molecule has 0 amide bonds. The second-order valence-corrected chi connectivity index (χ2v) is 22.8. The maximum absolute atomic E-state index is 12.8. The standard InChI is InChI=1S/C66H128O6/c1-4-7-10-13-16-18-20-22-24-26-28-30-32-33-34-35-37-38-40-42-44-46-48-50-53-56-59-65(68)71-62-63(61-70-64(67)58-55-52-15-12-9-6-3)72-66(69)60-57-54-51-49-47-45-43-41-39-36-31-29-27-25-23-21-19-17-14-11-8-5-2/h63H,4-62H2,1-3H3. The first kappa shape index (κ1) is 70.4. The van der Waals surface area contributed by atoms with Crippen LogP contribution in [-0.4, -0.2) is 37.2 Å². The molecule has 6 heteroatoms. The number of hydrogen-bond donors (Lipinski definition) is 0. The van der Waals surface area contributed by atoms with E-state index in [1.54, 1.807) is 0 Å². The molecule has 0 bridgehead atoms. The zero-order valence-electron chi connectivity index (χ0n) is 49.2. The van der Waals surface area contributed by atoms with E-state index in [1.807, 2.05) is 0 Å². The van der Waals surface area contributed by atoms with Gasteiger partial charge in [0, 0.05) is 19.3 Å². The second kappa shape index (κ2) is 62.0. The molecule has 0 aliphatic heterocycles. The van der Waals surface area contributed by atoms with Crippen LogP contribution in [0.2, 0.25) is 0 Å². The molecule has 0 saturated heterocycles. The summed E-state index contributed by atoms with van der Waals surface area (Å²) in [6.07, 6.45) is 71.7. The molecule has 0 fully saturated rings. The Morgan fingerprint density at radius 3 is 0.556 bits per heavy atom. The van der Waals surface area contributed by atoms with Gasteiger partial charge in [-0.3, -0.25) is 14.4 Å². The molecule has 72 heavy (non-hydrogen) atoms. The molecule has 0 radical (unpaired) electrons. The molecule has 0 aromatic rings. The predicted octanol–water partition coefficient (Wildman–Crippen LogP) is 22.3. The van der Waals surface area contributed by atoms with Crippen LogP contribution in [0.4, 0.5) is 0 Å². The van der Waals surface area contributed by atoms with Gasteiger partial charge in [0.15, 0.2) is 6.10 Å². The molecule has 0 aliphatic rings. The molecule has 0 aromatic carbocycles. The Balaban J connectivity index is 3.98. The Bertz CT molecular complexity index is 1080. The Labute approximate surface area is 450 Å². The number of hydrogen-bond acceptors (Lipinski definition) is 6. The van der Waals surface area contributed by atoms with Crippen LogP contribution in [0, 0.1) is 0 Å². The van der Waals surface area contributed by atoms with Crippen LogP contribution in [0.1, 0.15) is 387 Å². The molecule has 0 aliphatic carbocycles. The van der Waals surface area contributed by atoms with E-state index in [-0.39, 0.29) is 31.1 Å². The average Bonchev–Trinajstić information content (AvgIpc) is 3.38. The molecule has 0 rings (SSSR count). The highest BCUT2D eigenvalue weighted by molar-refractivity contribution is 5.71. The first-order valence-electron chi connectivity index (χ1n) is 33.0. The minimum Gasteiger partial charge on any atom is -0.462 e. The molecule has 0 spiro atoms. The summed E-state index contributed by atoms with van der Waals surface area (Å²) in [4.78, 5) is 38.0. The lowest BCUT2D eigenvalue weighted by Crippen LogP contribution is -2.30. The number of carbonyl (C=O) groups is 3. The second-order valence-electron chi connectivity index (χ2n) is 22.8. The van der Waals surface area contributed by atoms with Gasteiger partial charge in [-0.05, 0) is 19.3 Å². The largest absolute Gasteiger partial charge is 0.462 e. The number of ether oxygens (including phenoxy) is 3. The van der Waals surface area contributed by atoms with E-state index < -0.39 is 6.10 Å². The third-order valence-corrected chi connectivity index (χ3v) is 15.4. The van der Waals surface area contributed by atoms with Crippen molar-refractivity contribution in [1.29, 1.82) is 0 Å². The number of rotatable bonds is 62. The van der Waals surface area contributed by atoms with Crippen LogP contribution in [0.5, 0.6) is 0 Å². The maximum atomic E-state index is 12.8. The van der Waals surface area contributed by atoms with Crippen molar-refractivity contribution in [1.82, 2.24) is 0 Å². The topological polar surface area (TPSA) is 78.9 Å². The summed E-state index contributed by atoms with van der Waals surface area (Å²) in [7, 11) is 0. The number of unbranched alkanes of at least 4 members (excludes halogenated alkanes) is 51. The van der Waals surface area contributed by atoms with Gasteiger partial charge in [-0.1, -0.05) is 348 Å². The van der Waals surface area contributed by atoms with Gasteiger partial charge in [-0.15, -0.1) is 0 Å². The average molecular weight is 1020 g/mol. The van der Waals surface area contributed by atoms with Crippen LogP contribution in [0.15, 0.2) is 0 Å². The molecule has 1 atom stereocenters. The lowest BCUT2D eigenvalue weighted by Gasteiger charge is -2.18. The summed E-state index contributed by atoms with van der Waals surface area (Å²) >= 11 is 0. The van der Waals surface area contributed by atoms with Crippen molar-refractivity contribution < 1.29 is 28.6 Å². The Morgan fingerprint density at radius 1 is 0.222 bits per heavy atom. The van der Waals surface area contributed by atoms with Crippen LogP contribution in [-0.2, 0) is 28.6 Å². The molecule has 0 heterocycles. The molecular formula is C66H128O6. The Hall–Kier alpha value is -1.59. The van der Waals surface area contributed by atoms with Gasteiger partial charge in [0.25, 0.3) is 0 Å². The molecule has 428 valence electrons. The van der Waals surface area contributed by atoms with Gasteiger partial charge in [-0.2, -0.15) is 0 Å². The van der Waals surface area contributed by atoms with E-state index >= 15 is 0 Å². The predicted molar refractivity (Wildman–Crippen MR) is 312 cm³/mol. The van der Waals surface area contributed by atoms with E-state index in [0.29, 0.717) is 19.3 Å². The molecular weight excluding hydrogens is 889 g/mol. The molecule has 1 unspecified atom stereocenters. The molecule has 0 N–H and O–H groups in total. The highest BCUT2D eigenvalue weighted by Gasteiger charge is 2.19. The Kier molecular flexibility index (Phi) is 60.6. The van der Waals surface area contributed by atoms with Crippen molar-refractivity contribution in [2.45, 2.75) is 393 Å². The van der Waals surface area contributed by atoms with E-state index in [1.165, 1.54) is 289 Å².